The summed E-state index contributed by atoms with van der Waals surface area (Å²) in [6, 6.07) is 5.40. The van der Waals surface area contributed by atoms with Gasteiger partial charge in [0.25, 0.3) is 0 Å². The van der Waals surface area contributed by atoms with E-state index in [-0.39, 0.29) is 0 Å². The topological polar surface area (TPSA) is 62.4 Å². The molecule has 1 aliphatic heterocycles. The van der Waals surface area contributed by atoms with Gasteiger partial charge in [0.1, 0.15) is 0 Å². The molecule has 4 N–H and O–H groups in total. The molecule has 0 unspecified atom stereocenters. The Labute approximate surface area is 87.2 Å². The second kappa shape index (κ2) is 3.75. The van der Waals surface area contributed by atoms with Crippen LogP contribution in [0.3, 0.4) is 0 Å². The first-order valence-corrected chi connectivity index (χ1v) is 4.74. The van der Waals surface area contributed by atoms with Gasteiger partial charge in [-0.05, 0) is 18.2 Å². The molecule has 0 atom stereocenters. The summed E-state index contributed by atoms with van der Waals surface area (Å²) in [4.78, 5) is 4.20. The predicted octanol–water partition coefficient (Wildman–Crippen LogP) is 1.29. The Morgan fingerprint density at radius 1 is 1.50 bits per heavy atom. The first-order valence-electron chi connectivity index (χ1n) is 4.36. The summed E-state index contributed by atoms with van der Waals surface area (Å²) in [7, 11) is 0. The lowest BCUT2D eigenvalue weighted by Crippen LogP contribution is -2.26. The number of guanidine groups is 1. The number of hydrogen-bond donors (Lipinski definition) is 3. The SMILES string of the molecule is Nc1cc(NC2=NCCN2)ccc1Cl. The predicted molar refractivity (Wildman–Crippen MR) is 59.8 cm³/mol. The van der Waals surface area contributed by atoms with Gasteiger partial charge in [0, 0.05) is 12.2 Å². The number of nitrogen functional groups attached to an aromatic ring is 1. The first kappa shape index (κ1) is 9.15. The van der Waals surface area contributed by atoms with Crippen molar-refractivity contribution in [1.82, 2.24) is 5.32 Å². The smallest absolute Gasteiger partial charge is 0.195 e. The number of halogens is 1. The zero-order valence-corrected chi connectivity index (χ0v) is 8.30. The van der Waals surface area contributed by atoms with Crippen molar-refractivity contribution >= 4 is 28.9 Å². The molecule has 74 valence electrons. The Kier molecular flexibility index (Phi) is 2.45. The molecule has 0 amide bonds. The summed E-state index contributed by atoms with van der Waals surface area (Å²) >= 11 is 5.80. The summed E-state index contributed by atoms with van der Waals surface area (Å²) in [5.74, 6) is 0.784. The lowest BCUT2D eigenvalue weighted by atomic mass is 10.3. The minimum Gasteiger partial charge on any atom is -0.397 e. The van der Waals surface area contributed by atoms with E-state index in [4.69, 9.17) is 17.3 Å². The quantitative estimate of drug-likeness (QED) is 0.613. The van der Waals surface area contributed by atoms with Gasteiger partial charge >= 0.3 is 0 Å². The third-order valence-electron chi connectivity index (χ3n) is 1.93. The lowest BCUT2D eigenvalue weighted by molar-refractivity contribution is 0.959. The Balaban J connectivity index is 2.13. The summed E-state index contributed by atoms with van der Waals surface area (Å²) in [6.45, 7) is 1.69. The molecule has 0 radical (unpaired) electrons. The molecule has 1 heterocycles. The molecule has 2 rings (SSSR count). The largest absolute Gasteiger partial charge is 0.397 e. The van der Waals surface area contributed by atoms with Crippen molar-refractivity contribution < 1.29 is 0 Å². The molecule has 0 bridgehead atoms. The van der Waals surface area contributed by atoms with Crippen LogP contribution in [0.25, 0.3) is 0 Å². The van der Waals surface area contributed by atoms with Gasteiger partial charge in [-0.15, -0.1) is 0 Å². The van der Waals surface area contributed by atoms with Gasteiger partial charge in [-0.3, -0.25) is 4.99 Å². The maximum absolute atomic E-state index is 5.80. The highest BCUT2D eigenvalue weighted by Gasteiger charge is 2.05. The highest BCUT2D eigenvalue weighted by Crippen LogP contribution is 2.22. The van der Waals surface area contributed by atoms with E-state index in [1.54, 1.807) is 12.1 Å². The van der Waals surface area contributed by atoms with E-state index in [0.717, 1.165) is 24.7 Å². The minimum absolute atomic E-state index is 0.565. The number of aliphatic imine (C=N–C) groups is 1. The van der Waals surface area contributed by atoms with Gasteiger partial charge in [-0.1, -0.05) is 11.6 Å². The molecule has 0 aromatic heterocycles. The summed E-state index contributed by atoms with van der Waals surface area (Å²) in [5, 5.41) is 6.78. The molecular formula is C9H11ClN4. The molecule has 1 aromatic rings. The normalized spacial score (nSPS) is 14.8. The van der Waals surface area contributed by atoms with Crippen molar-refractivity contribution in [2.24, 2.45) is 4.99 Å². The molecule has 0 spiro atoms. The second-order valence-electron chi connectivity index (χ2n) is 3.02. The standard InChI is InChI=1S/C9H11ClN4/c10-7-2-1-6(5-8(7)11)14-9-12-3-4-13-9/h1-2,5H,3-4,11H2,(H2,12,13,14). The van der Waals surface area contributed by atoms with Crippen molar-refractivity contribution in [3.8, 4) is 0 Å². The molecule has 4 nitrogen and oxygen atoms in total. The molecule has 1 aromatic carbocycles. The summed E-state index contributed by atoms with van der Waals surface area (Å²) in [5.41, 5.74) is 7.12. The molecule has 0 saturated heterocycles. The summed E-state index contributed by atoms with van der Waals surface area (Å²) in [6.07, 6.45) is 0. The van der Waals surface area contributed by atoms with E-state index in [0.29, 0.717) is 10.7 Å². The van der Waals surface area contributed by atoms with Crippen LogP contribution in [0.5, 0.6) is 0 Å². The third kappa shape index (κ3) is 1.90. The molecule has 5 heteroatoms. The van der Waals surface area contributed by atoms with Gasteiger partial charge in [0.15, 0.2) is 5.96 Å². The van der Waals surface area contributed by atoms with Crippen LogP contribution in [-0.4, -0.2) is 19.0 Å². The van der Waals surface area contributed by atoms with Gasteiger partial charge < -0.3 is 16.4 Å². The number of nitrogens with one attached hydrogen (secondary N) is 2. The van der Waals surface area contributed by atoms with Crippen LogP contribution in [-0.2, 0) is 0 Å². The molecule has 14 heavy (non-hydrogen) atoms. The number of rotatable bonds is 1. The third-order valence-corrected chi connectivity index (χ3v) is 2.28. The lowest BCUT2D eigenvalue weighted by Gasteiger charge is -2.07. The fraction of sp³-hybridized carbons (Fsp3) is 0.222. The molecule has 0 fully saturated rings. The van der Waals surface area contributed by atoms with Gasteiger partial charge in [0.2, 0.25) is 0 Å². The number of benzene rings is 1. The average Bonchev–Trinajstić information content (AvgIpc) is 2.64. The van der Waals surface area contributed by atoms with Crippen molar-refractivity contribution in [2.45, 2.75) is 0 Å². The number of nitrogens with zero attached hydrogens (tertiary/aromatic N) is 1. The zero-order valence-electron chi connectivity index (χ0n) is 7.55. The monoisotopic (exact) mass is 210 g/mol. The zero-order chi connectivity index (χ0) is 9.97. The van der Waals surface area contributed by atoms with Gasteiger partial charge in [0.05, 0.1) is 17.3 Å². The van der Waals surface area contributed by atoms with Crippen LogP contribution in [0, 0.1) is 0 Å². The van der Waals surface area contributed by atoms with Crippen LogP contribution in [0.1, 0.15) is 0 Å². The number of hydrogen-bond acceptors (Lipinski definition) is 4. The van der Waals surface area contributed by atoms with E-state index in [2.05, 4.69) is 15.6 Å². The molecule has 1 aliphatic rings. The van der Waals surface area contributed by atoms with Gasteiger partial charge in [-0.2, -0.15) is 0 Å². The Hall–Kier alpha value is -1.42. The number of nitrogens with two attached hydrogens (primary N) is 1. The molecule has 0 aliphatic carbocycles. The second-order valence-corrected chi connectivity index (χ2v) is 3.43. The minimum atomic E-state index is 0.565. The van der Waals surface area contributed by atoms with Crippen LogP contribution < -0.4 is 16.4 Å². The van der Waals surface area contributed by atoms with Crippen LogP contribution >= 0.6 is 11.6 Å². The Bertz CT molecular complexity index is 375. The van der Waals surface area contributed by atoms with Crippen molar-refractivity contribution in [1.29, 1.82) is 0 Å². The maximum atomic E-state index is 5.80. The molecular weight excluding hydrogens is 200 g/mol. The van der Waals surface area contributed by atoms with Crippen molar-refractivity contribution in [2.75, 3.05) is 24.1 Å². The van der Waals surface area contributed by atoms with Crippen molar-refractivity contribution in [3.63, 3.8) is 0 Å². The summed E-state index contributed by atoms with van der Waals surface area (Å²) < 4.78 is 0. The highest BCUT2D eigenvalue weighted by molar-refractivity contribution is 6.33. The number of anilines is 2. The van der Waals surface area contributed by atoms with E-state index < -0.39 is 0 Å². The van der Waals surface area contributed by atoms with E-state index >= 15 is 0 Å². The van der Waals surface area contributed by atoms with Crippen molar-refractivity contribution in [3.05, 3.63) is 23.2 Å². The van der Waals surface area contributed by atoms with E-state index in [1.807, 2.05) is 6.07 Å². The molecule has 0 saturated carbocycles. The Morgan fingerprint density at radius 3 is 3.00 bits per heavy atom. The average molecular weight is 211 g/mol. The van der Waals surface area contributed by atoms with Crippen LogP contribution in [0.15, 0.2) is 23.2 Å². The fourth-order valence-corrected chi connectivity index (χ4v) is 1.36. The maximum Gasteiger partial charge on any atom is 0.195 e. The van der Waals surface area contributed by atoms with Gasteiger partial charge in [-0.25, -0.2) is 0 Å². The van der Waals surface area contributed by atoms with Crippen LogP contribution in [0.4, 0.5) is 11.4 Å². The van der Waals surface area contributed by atoms with E-state index in [1.165, 1.54) is 0 Å². The first-order chi connectivity index (χ1) is 6.75. The van der Waals surface area contributed by atoms with E-state index in [9.17, 15) is 0 Å². The Morgan fingerprint density at radius 2 is 2.36 bits per heavy atom. The van der Waals surface area contributed by atoms with Crippen LogP contribution in [0.2, 0.25) is 5.02 Å². The highest BCUT2D eigenvalue weighted by atomic mass is 35.5. The fourth-order valence-electron chi connectivity index (χ4n) is 1.24.